The van der Waals surface area contributed by atoms with Crippen molar-refractivity contribution in [3.63, 3.8) is 0 Å². The average Bonchev–Trinajstić information content (AvgIpc) is 3.72. The Morgan fingerprint density at radius 2 is 1.82 bits per heavy atom. The summed E-state index contributed by atoms with van der Waals surface area (Å²) in [7, 11) is 0. The molecule has 7 nitrogen and oxygen atoms in total. The van der Waals surface area contributed by atoms with Crippen LogP contribution in [0.5, 0.6) is 0 Å². The Bertz CT molecular complexity index is 1720. The van der Waals surface area contributed by atoms with E-state index in [1.54, 1.807) is 12.1 Å². The van der Waals surface area contributed by atoms with Gasteiger partial charge in [-0.1, -0.05) is 18.2 Å². The predicted molar refractivity (Wildman–Crippen MR) is 152 cm³/mol. The second-order valence-corrected chi connectivity index (χ2v) is 11.5. The van der Waals surface area contributed by atoms with Crippen molar-refractivity contribution < 1.29 is 31.5 Å². The molecule has 2 aliphatic carbocycles. The lowest BCUT2D eigenvalue weighted by Crippen LogP contribution is -2.42. The first-order chi connectivity index (χ1) is 20.9. The van der Waals surface area contributed by atoms with Crippen LogP contribution in [0.4, 0.5) is 22.0 Å². The molecular formula is C32H28F5N5O2. The first-order valence-electron chi connectivity index (χ1n) is 14.1. The molecule has 0 radical (unpaired) electrons. The Morgan fingerprint density at radius 1 is 1.07 bits per heavy atom. The van der Waals surface area contributed by atoms with Gasteiger partial charge in [-0.3, -0.25) is 14.6 Å². The molecule has 2 bridgehead atoms. The molecule has 3 aliphatic rings. The summed E-state index contributed by atoms with van der Waals surface area (Å²) in [6, 6.07) is 9.93. The van der Waals surface area contributed by atoms with Crippen molar-refractivity contribution in [2.45, 2.75) is 43.8 Å². The molecule has 2 heterocycles. The van der Waals surface area contributed by atoms with Crippen molar-refractivity contribution in [1.82, 2.24) is 15.6 Å². The molecule has 1 aromatic heterocycles. The molecule has 4 atom stereocenters. The fraction of sp³-hybridized carbons (Fsp3) is 0.312. The highest BCUT2D eigenvalue weighted by Gasteiger charge is 2.56. The van der Waals surface area contributed by atoms with Gasteiger partial charge in [-0.25, -0.2) is 22.0 Å². The number of amides is 2. The smallest absolute Gasteiger partial charge is 0.277 e. The van der Waals surface area contributed by atoms with Crippen LogP contribution in [0.3, 0.4) is 0 Å². The zero-order valence-electron chi connectivity index (χ0n) is 23.3. The molecule has 0 saturated heterocycles. The minimum absolute atomic E-state index is 0.00446. The van der Waals surface area contributed by atoms with Gasteiger partial charge >= 0.3 is 0 Å². The zero-order chi connectivity index (χ0) is 31.3. The summed E-state index contributed by atoms with van der Waals surface area (Å²) in [5, 5.41) is 14.0. The van der Waals surface area contributed by atoms with E-state index in [0.29, 0.717) is 28.8 Å². The Morgan fingerprint density at radius 3 is 2.57 bits per heavy atom. The Kier molecular flexibility index (Phi) is 7.46. The second-order valence-electron chi connectivity index (χ2n) is 11.5. The number of hydrogen-bond acceptors (Lipinski definition) is 5. The summed E-state index contributed by atoms with van der Waals surface area (Å²) < 4.78 is 75.1. The SMILES string of the molecule is N=C1C2=C(NCC(=O)N[C@H](c3ncccc3-c3ccc(F)c(C(N)=O)c3)Cc3cc(F)cc(c3)CC1F)C1CC1CC2(F)F. The van der Waals surface area contributed by atoms with Gasteiger partial charge in [0.15, 0.2) is 0 Å². The third-order valence-electron chi connectivity index (χ3n) is 8.39. The number of hydrogen-bond donors (Lipinski definition) is 4. The molecule has 12 heteroatoms. The van der Waals surface area contributed by atoms with E-state index in [2.05, 4.69) is 15.6 Å². The zero-order valence-corrected chi connectivity index (χ0v) is 23.3. The number of nitrogens with two attached hydrogens (primary N) is 1. The summed E-state index contributed by atoms with van der Waals surface area (Å²) in [6.45, 7) is -0.447. The summed E-state index contributed by atoms with van der Waals surface area (Å²) in [4.78, 5) is 29.6. The Labute approximate surface area is 249 Å². The summed E-state index contributed by atoms with van der Waals surface area (Å²) >= 11 is 0. The van der Waals surface area contributed by atoms with Gasteiger partial charge in [0.2, 0.25) is 5.91 Å². The summed E-state index contributed by atoms with van der Waals surface area (Å²) in [6.07, 6.45) is -1.24. The Hall–Kier alpha value is -4.61. The lowest BCUT2D eigenvalue weighted by atomic mass is 9.86. The highest BCUT2D eigenvalue weighted by Crippen LogP contribution is 2.56. The van der Waals surface area contributed by atoms with Crippen LogP contribution in [-0.4, -0.2) is 41.1 Å². The van der Waals surface area contributed by atoms with E-state index in [1.807, 2.05) is 0 Å². The van der Waals surface area contributed by atoms with Gasteiger partial charge in [-0.15, -0.1) is 0 Å². The third kappa shape index (κ3) is 5.68. The fourth-order valence-electron chi connectivity index (χ4n) is 6.31. The number of fused-ring (bicyclic) bond motifs is 4. The summed E-state index contributed by atoms with van der Waals surface area (Å²) in [5.74, 6) is -7.24. The number of nitrogens with zero attached hydrogens (tertiary/aromatic N) is 1. The third-order valence-corrected chi connectivity index (χ3v) is 8.39. The van der Waals surface area contributed by atoms with E-state index < -0.39 is 72.3 Å². The predicted octanol–water partition coefficient (Wildman–Crippen LogP) is 4.96. The summed E-state index contributed by atoms with van der Waals surface area (Å²) in [5.41, 5.74) is 5.00. The van der Waals surface area contributed by atoms with E-state index in [9.17, 15) is 18.4 Å². The molecule has 1 saturated carbocycles. The number of halogens is 5. The molecule has 5 N–H and O–H groups in total. The number of carbonyl (C=O) groups excluding carboxylic acids is 2. The van der Waals surface area contributed by atoms with Crippen molar-refractivity contribution in [3.05, 3.63) is 100 Å². The van der Waals surface area contributed by atoms with Crippen LogP contribution in [0, 0.1) is 28.9 Å². The maximum Gasteiger partial charge on any atom is 0.277 e. The van der Waals surface area contributed by atoms with Gasteiger partial charge in [0, 0.05) is 36.2 Å². The molecule has 6 rings (SSSR count). The van der Waals surface area contributed by atoms with Crippen LogP contribution in [0.15, 0.2) is 66.0 Å². The standard InChI is InChI=1S/C32H28F5N5O2/c33-19-7-15-6-16(8-19)10-25(29-20(2-1-5-40-29)17-3-4-23(34)22(11-17)31(39)44)42-26(43)14-41-30-21-12-18(21)13-32(36,37)27(30)28(38)24(35)9-15/h1-8,11,18,21,24-25,38,41H,9-10,12-14H2,(H2,39,44)(H,42,43)/t18?,21?,24?,25-/m0/s1. The molecule has 1 aliphatic heterocycles. The van der Waals surface area contributed by atoms with E-state index >= 15 is 13.2 Å². The molecule has 44 heavy (non-hydrogen) atoms. The second kappa shape index (κ2) is 11.1. The van der Waals surface area contributed by atoms with Gasteiger partial charge < -0.3 is 21.8 Å². The number of carbonyl (C=O) groups is 2. The van der Waals surface area contributed by atoms with Crippen LogP contribution < -0.4 is 16.4 Å². The normalized spacial score (nSPS) is 24.8. The van der Waals surface area contributed by atoms with Crippen molar-refractivity contribution in [2.24, 2.45) is 17.6 Å². The molecule has 1 fully saturated rings. The maximum absolute atomic E-state index is 15.5. The highest BCUT2D eigenvalue weighted by molar-refractivity contribution is 6.03. The molecule has 3 unspecified atom stereocenters. The quantitative estimate of drug-likeness (QED) is 0.314. The first-order valence-corrected chi connectivity index (χ1v) is 14.1. The lowest BCUT2D eigenvalue weighted by Gasteiger charge is -2.30. The van der Waals surface area contributed by atoms with E-state index in [-0.39, 0.29) is 35.1 Å². The van der Waals surface area contributed by atoms with Crippen LogP contribution >= 0.6 is 0 Å². The van der Waals surface area contributed by atoms with Crippen molar-refractivity contribution >= 4 is 17.5 Å². The number of alkyl halides is 3. The number of benzene rings is 2. The number of aromatic nitrogens is 1. The molecule has 2 amide bonds. The fourth-order valence-corrected chi connectivity index (χ4v) is 6.31. The molecule has 228 valence electrons. The van der Waals surface area contributed by atoms with Gasteiger partial charge in [0.1, 0.15) is 17.8 Å². The maximum atomic E-state index is 15.5. The number of allylic oxidation sites excluding steroid dienone is 2. The minimum atomic E-state index is -3.47. The number of rotatable bonds is 3. The monoisotopic (exact) mass is 609 g/mol. The van der Waals surface area contributed by atoms with Gasteiger partial charge in [-0.05, 0) is 65.8 Å². The largest absolute Gasteiger partial charge is 0.379 e. The lowest BCUT2D eigenvalue weighted by molar-refractivity contribution is -0.121. The van der Waals surface area contributed by atoms with Crippen LogP contribution in [-0.2, 0) is 17.6 Å². The van der Waals surface area contributed by atoms with E-state index in [0.717, 1.165) is 12.1 Å². The molecule has 2 aromatic carbocycles. The number of nitrogens with one attached hydrogen (secondary N) is 3. The van der Waals surface area contributed by atoms with E-state index in [1.165, 1.54) is 30.5 Å². The molecule has 3 aromatic rings. The first kappa shape index (κ1) is 29.5. The van der Waals surface area contributed by atoms with Crippen LogP contribution in [0.2, 0.25) is 0 Å². The van der Waals surface area contributed by atoms with Crippen LogP contribution in [0.1, 0.15) is 46.1 Å². The average molecular weight is 610 g/mol. The van der Waals surface area contributed by atoms with E-state index in [4.69, 9.17) is 11.1 Å². The molecular weight excluding hydrogens is 581 g/mol. The Balaban J connectivity index is 1.43. The van der Waals surface area contributed by atoms with Gasteiger partial charge in [0.05, 0.1) is 35.1 Å². The van der Waals surface area contributed by atoms with Crippen LogP contribution in [0.25, 0.3) is 11.1 Å². The highest BCUT2D eigenvalue weighted by atomic mass is 19.3. The van der Waals surface area contributed by atoms with Crippen molar-refractivity contribution in [1.29, 1.82) is 5.41 Å². The minimum Gasteiger partial charge on any atom is -0.379 e. The molecule has 0 spiro atoms. The van der Waals surface area contributed by atoms with Gasteiger partial charge in [0.25, 0.3) is 11.8 Å². The van der Waals surface area contributed by atoms with Gasteiger partial charge in [-0.2, -0.15) is 0 Å². The number of pyridine rings is 1. The number of primary amides is 1. The van der Waals surface area contributed by atoms with Crippen molar-refractivity contribution in [2.75, 3.05) is 6.54 Å². The topological polar surface area (TPSA) is 121 Å². The van der Waals surface area contributed by atoms with Crippen molar-refractivity contribution in [3.8, 4) is 11.1 Å².